The molecule has 0 amide bonds. The third-order valence-electron chi connectivity index (χ3n) is 3.78. The minimum Gasteiger partial charge on any atom is -0.506 e. The summed E-state index contributed by atoms with van der Waals surface area (Å²) in [5, 5.41) is 15.1. The van der Waals surface area contributed by atoms with Gasteiger partial charge in [0.25, 0.3) is 0 Å². The lowest BCUT2D eigenvalue weighted by molar-refractivity contribution is 0.478. The molecule has 0 fully saturated rings. The number of thioether (sulfide) groups is 1. The molecule has 3 nitrogen and oxygen atoms in total. The molecule has 2 aromatic carbocycles. The van der Waals surface area contributed by atoms with Crippen LogP contribution < -0.4 is 5.32 Å². The molecule has 0 atom stereocenters. The van der Waals surface area contributed by atoms with E-state index in [0.717, 1.165) is 33.8 Å². The molecule has 0 saturated carbocycles. The van der Waals surface area contributed by atoms with Gasteiger partial charge in [-0.2, -0.15) is 11.8 Å². The Balaban J connectivity index is 1.92. The van der Waals surface area contributed by atoms with Crippen LogP contribution in [-0.2, 0) is 11.5 Å². The van der Waals surface area contributed by atoms with Crippen molar-refractivity contribution in [2.45, 2.75) is 11.5 Å². The third kappa shape index (κ3) is 2.28. The molecule has 110 valence electrons. The molecule has 3 aromatic rings. The van der Waals surface area contributed by atoms with Gasteiger partial charge in [-0.25, -0.2) is 0 Å². The van der Waals surface area contributed by atoms with Crippen LogP contribution in [0.1, 0.15) is 11.3 Å². The number of benzene rings is 2. The number of anilines is 2. The number of nitrogens with one attached hydrogen (secondary N) is 1. The molecule has 0 unspecified atom stereocenters. The highest BCUT2D eigenvalue weighted by molar-refractivity contribution is 7.98. The highest BCUT2D eigenvalue weighted by Crippen LogP contribution is 2.41. The number of phenols is 1. The van der Waals surface area contributed by atoms with Crippen molar-refractivity contribution >= 4 is 45.6 Å². The Morgan fingerprint density at radius 3 is 2.91 bits per heavy atom. The van der Waals surface area contributed by atoms with Crippen molar-refractivity contribution in [3.05, 3.63) is 58.7 Å². The first kappa shape index (κ1) is 13.7. The van der Waals surface area contributed by atoms with Crippen molar-refractivity contribution in [1.82, 2.24) is 4.98 Å². The van der Waals surface area contributed by atoms with Crippen molar-refractivity contribution in [2.75, 3.05) is 5.32 Å². The highest BCUT2D eigenvalue weighted by Gasteiger charge is 2.20. The fourth-order valence-corrected chi connectivity index (χ4v) is 3.93. The average Bonchev–Trinajstić information content (AvgIpc) is 2.98. The van der Waals surface area contributed by atoms with Gasteiger partial charge in [0.05, 0.1) is 22.6 Å². The molecular weight excluding hydrogens is 316 g/mol. The zero-order valence-corrected chi connectivity index (χ0v) is 13.2. The largest absolute Gasteiger partial charge is 0.506 e. The van der Waals surface area contributed by atoms with E-state index >= 15 is 0 Å². The summed E-state index contributed by atoms with van der Waals surface area (Å²) in [6, 6.07) is 13.1. The van der Waals surface area contributed by atoms with E-state index < -0.39 is 0 Å². The van der Waals surface area contributed by atoms with Crippen molar-refractivity contribution in [3.8, 4) is 5.75 Å². The number of aromatic hydroxyl groups is 1. The summed E-state index contributed by atoms with van der Waals surface area (Å²) in [4.78, 5) is 4.75. The van der Waals surface area contributed by atoms with Crippen LogP contribution >= 0.6 is 23.4 Å². The van der Waals surface area contributed by atoms with E-state index in [9.17, 15) is 5.11 Å². The van der Waals surface area contributed by atoms with E-state index in [1.54, 1.807) is 18.2 Å². The minimum absolute atomic E-state index is 0.185. The number of para-hydroxylation sites is 1. The van der Waals surface area contributed by atoms with Gasteiger partial charge < -0.3 is 10.4 Å². The summed E-state index contributed by atoms with van der Waals surface area (Å²) in [5.74, 6) is 2.04. The van der Waals surface area contributed by atoms with Gasteiger partial charge in [-0.15, -0.1) is 0 Å². The van der Waals surface area contributed by atoms with Crippen molar-refractivity contribution in [3.63, 3.8) is 0 Å². The molecule has 0 saturated heterocycles. The lowest BCUT2D eigenvalue weighted by atomic mass is 10.1. The van der Waals surface area contributed by atoms with Gasteiger partial charge in [0.1, 0.15) is 5.75 Å². The van der Waals surface area contributed by atoms with Crippen LogP contribution in [0.25, 0.3) is 10.9 Å². The third-order valence-corrected chi connectivity index (χ3v) is 4.99. The van der Waals surface area contributed by atoms with E-state index in [1.165, 1.54) is 5.56 Å². The van der Waals surface area contributed by atoms with Gasteiger partial charge in [-0.3, -0.25) is 4.98 Å². The standard InChI is InChI=1S/C17H13ClN2OS/c18-10-5-6-16(21)14(7-10)20-17-11-3-1-2-4-13(11)19-15-9-22-8-12(15)17/h1-7,21H,8-9H2,(H,19,20). The zero-order chi connectivity index (χ0) is 15.1. The van der Waals surface area contributed by atoms with Gasteiger partial charge in [-0.05, 0) is 24.3 Å². The second-order valence-corrected chi connectivity index (χ2v) is 6.63. The predicted octanol–water partition coefficient (Wildman–Crippen LogP) is 5.08. The van der Waals surface area contributed by atoms with E-state index in [2.05, 4.69) is 11.4 Å². The van der Waals surface area contributed by atoms with Crippen molar-refractivity contribution < 1.29 is 5.11 Å². The maximum Gasteiger partial charge on any atom is 0.139 e. The number of pyridine rings is 1. The minimum atomic E-state index is 0.185. The maximum atomic E-state index is 10.1. The molecule has 1 aromatic heterocycles. The quantitative estimate of drug-likeness (QED) is 0.644. The Hall–Kier alpha value is -1.91. The van der Waals surface area contributed by atoms with Crippen molar-refractivity contribution in [2.24, 2.45) is 0 Å². The molecule has 1 aliphatic heterocycles. The topological polar surface area (TPSA) is 45.1 Å². The molecule has 22 heavy (non-hydrogen) atoms. The first-order valence-electron chi connectivity index (χ1n) is 6.96. The monoisotopic (exact) mass is 328 g/mol. The molecule has 0 radical (unpaired) electrons. The average molecular weight is 329 g/mol. The lowest BCUT2D eigenvalue weighted by Gasteiger charge is -2.15. The number of rotatable bonds is 2. The number of fused-ring (bicyclic) bond motifs is 2. The molecule has 4 rings (SSSR count). The Bertz CT molecular complexity index is 882. The Labute approximate surface area is 137 Å². The molecule has 2 N–H and O–H groups in total. The Morgan fingerprint density at radius 2 is 2.00 bits per heavy atom. The van der Waals surface area contributed by atoms with Gasteiger partial charge in [0, 0.05) is 27.5 Å². The summed E-state index contributed by atoms with van der Waals surface area (Å²) < 4.78 is 0. The number of nitrogens with zero attached hydrogens (tertiary/aromatic N) is 1. The van der Waals surface area contributed by atoms with Gasteiger partial charge in [-0.1, -0.05) is 29.8 Å². The number of aromatic nitrogens is 1. The fraction of sp³-hybridized carbons (Fsp3) is 0.118. The summed E-state index contributed by atoms with van der Waals surface area (Å²) in [6.07, 6.45) is 0. The van der Waals surface area contributed by atoms with E-state index in [1.807, 2.05) is 30.0 Å². The molecule has 5 heteroatoms. The molecular formula is C17H13ClN2OS. The van der Waals surface area contributed by atoms with Crippen LogP contribution in [0.3, 0.4) is 0 Å². The lowest BCUT2D eigenvalue weighted by Crippen LogP contribution is -2.00. The second-order valence-electron chi connectivity index (χ2n) is 5.21. The highest BCUT2D eigenvalue weighted by atomic mass is 35.5. The molecule has 2 heterocycles. The molecule has 0 bridgehead atoms. The van der Waals surface area contributed by atoms with E-state index in [0.29, 0.717) is 10.7 Å². The predicted molar refractivity (Wildman–Crippen MR) is 93.1 cm³/mol. The molecule has 0 spiro atoms. The first-order valence-corrected chi connectivity index (χ1v) is 8.49. The van der Waals surface area contributed by atoms with Crippen LogP contribution in [0.2, 0.25) is 5.02 Å². The van der Waals surface area contributed by atoms with Crippen LogP contribution in [0, 0.1) is 0 Å². The Kier molecular flexibility index (Phi) is 3.36. The van der Waals surface area contributed by atoms with Crippen LogP contribution in [0.15, 0.2) is 42.5 Å². The SMILES string of the molecule is Oc1ccc(Cl)cc1Nc1c2c(nc3ccccc13)CSC2. The smallest absolute Gasteiger partial charge is 0.139 e. The maximum absolute atomic E-state index is 10.1. The Morgan fingerprint density at radius 1 is 1.14 bits per heavy atom. The normalized spacial score (nSPS) is 13.3. The summed E-state index contributed by atoms with van der Waals surface area (Å²) in [5.41, 5.74) is 4.93. The summed E-state index contributed by atoms with van der Waals surface area (Å²) >= 11 is 7.91. The van der Waals surface area contributed by atoms with Crippen LogP contribution in [-0.4, -0.2) is 10.1 Å². The van der Waals surface area contributed by atoms with Gasteiger partial charge in [0.15, 0.2) is 0 Å². The fourth-order valence-electron chi connectivity index (χ4n) is 2.71. The van der Waals surface area contributed by atoms with Crippen LogP contribution in [0.5, 0.6) is 5.75 Å². The number of hydrogen-bond acceptors (Lipinski definition) is 4. The number of phenolic OH excluding ortho intramolecular Hbond substituents is 1. The zero-order valence-electron chi connectivity index (χ0n) is 11.6. The number of halogens is 1. The molecule has 1 aliphatic rings. The summed E-state index contributed by atoms with van der Waals surface area (Å²) in [6.45, 7) is 0. The summed E-state index contributed by atoms with van der Waals surface area (Å²) in [7, 11) is 0. The van der Waals surface area contributed by atoms with E-state index in [4.69, 9.17) is 16.6 Å². The molecule has 0 aliphatic carbocycles. The van der Waals surface area contributed by atoms with E-state index in [-0.39, 0.29) is 5.75 Å². The van der Waals surface area contributed by atoms with Gasteiger partial charge >= 0.3 is 0 Å². The van der Waals surface area contributed by atoms with Gasteiger partial charge in [0.2, 0.25) is 0 Å². The number of hydrogen-bond donors (Lipinski definition) is 2. The first-order chi connectivity index (χ1) is 10.7. The van der Waals surface area contributed by atoms with Crippen LogP contribution in [0.4, 0.5) is 11.4 Å². The van der Waals surface area contributed by atoms with Crippen molar-refractivity contribution in [1.29, 1.82) is 0 Å². The second kappa shape index (κ2) is 5.38.